The molecule has 0 saturated carbocycles. The number of carbonyl (C=O) groups excluding carboxylic acids is 1. The summed E-state index contributed by atoms with van der Waals surface area (Å²) < 4.78 is 0. The van der Waals surface area contributed by atoms with Gasteiger partial charge in [-0.1, -0.05) is 6.07 Å². The molecule has 6 nitrogen and oxygen atoms in total. The Bertz CT molecular complexity index is 489. The van der Waals surface area contributed by atoms with E-state index in [1.807, 2.05) is 0 Å². The van der Waals surface area contributed by atoms with Gasteiger partial charge in [0.05, 0.1) is 6.10 Å². The van der Waals surface area contributed by atoms with Crippen LogP contribution in [0.3, 0.4) is 0 Å². The smallest absolute Gasteiger partial charge is 0.326 e. The topological polar surface area (TPSA) is 90.7 Å². The molecule has 0 bridgehead atoms. The fourth-order valence-electron chi connectivity index (χ4n) is 2.08. The number of carbonyl (C=O) groups is 2. The summed E-state index contributed by atoms with van der Waals surface area (Å²) in [5.74, 6) is -1.56. The molecule has 1 aliphatic heterocycles. The fourth-order valence-corrected chi connectivity index (χ4v) is 2.08. The van der Waals surface area contributed by atoms with Crippen LogP contribution in [0, 0.1) is 6.92 Å². The van der Waals surface area contributed by atoms with Crippen LogP contribution in [0.15, 0.2) is 18.2 Å². The summed E-state index contributed by atoms with van der Waals surface area (Å²) in [6, 6.07) is 4.01. The summed E-state index contributed by atoms with van der Waals surface area (Å²) in [5, 5.41) is 18.5. The summed E-state index contributed by atoms with van der Waals surface area (Å²) in [6.07, 6.45) is -0.729. The van der Waals surface area contributed by atoms with Gasteiger partial charge in [-0.15, -0.1) is 0 Å². The van der Waals surface area contributed by atoms with Crippen molar-refractivity contribution < 1.29 is 19.8 Å². The van der Waals surface area contributed by atoms with Crippen molar-refractivity contribution in [3.63, 3.8) is 0 Å². The Morgan fingerprint density at radius 1 is 1.44 bits per heavy atom. The quantitative estimate of drug-likeness (QED) is 0.774. The molecule has 2 atom stereocenters. The molecule has 2 heterocycles. The minimum Gasteiger partial charge on any atom is -0.480 e. The summed E-state index contributed by atoms with van der Waals surface area (Å²) >= 11 is 0. The van der Waals surface area contributed by atoms with Crippen LogP contribution in [-0.4, -0.2) is 50.7 Å². The van der Waals surface area contributed by atoms with E-state index in [1.165, 1.54) is 0 Å². The van der Waals surface area contributed by atoms with Crippen LogP contribution in [0.4, 0.5) is 0 Å². The lowest BCUT2D eigenvalue weighted by molar-refractivity contribution is -0.141. The van der Waals surface area contributed by atoms with Crippen molar-refractivity contribution in [2.24, 2.45) is 0 Å². The van der Waals surface area contributed by atoms with Gasteiger partial charge in [-0.2, -0.15) is 0 Å². The molecule has 1 fully saturated rings. The Balaban J connectivity index is 2.25. The number of rotatable bonds is 2. The van der Waals surface area contributed by atoms with Gasteiger partial charge in [-0.3, -0.25) is 4.79 Å². The number of hydrogen-bond acceptors (Lipinski definition) is 4. The number of likely N-dealkylation sites (tertiary alicyclic amines) is 1. The molecule has 1 saturated heterocycles. The molecule has 1 amide bonds. The van der Waals surface area contributed by atoms with Gasteiger partial charge >= 0.3 is 5.97 Å². The first-order valence-corrected chi connectivity index (χ1v) is 5.64. The van der Waals surface area contributed by atoms with Crippen molar-refractivity contribution in [1.82, 2.24) is 9.88 Å². The number of aliphatic carboxylic acids is 1. The van der Waals surface area contributed by atoms with E-state index in [2.05, 4.69) is 4.98 Å². The highest BCUT2D eigenvalue weighted by atomic mass is 16.4. The molecule has 2 rings (SSSR count). The average molecular weight is 250 g/mol. The number of aliphatic hydroxyl groups is 1. The molecule has 0 radical (unpaired) electrons. The molecule has 1 aromatic rings. The second-order valence-corrected chi connectivity index (χ2v) is 4.37. The van der Waals surface area contributed by atoms with Gasteiger partial charge in [0.25, 0.3) is 5.91 Å². The number of carboxylic acids is 1. The largest absolute Gasteiger partial charge is 0.480 e. The van der Waals surface area contributed by atoms with Crippen molar-refractivity contribution in [1.29, 1.82) is 0 Å². The number of amides is 1. The van der Waals surface area contributed by atoms with Crippen LogP contribution >= 0.6 is 0 Å². The zero-order valence-electron chi connectivity index (χ0n) is 9.91. The minimum atomic E-state index is -1.10. The summed E-state index contributed by atoms with van der Waals surface area (Å²) in [4.78, 5) is 28.4. The second-order valence-electron chi connectivity index (χ2n) is 4.37. The van der Waals surface area contributed by atoms with E-state index in [0.717, 1.165) is 4.90 Å². The van der Waals surface area contributed by atoms with Crippen LogP contribution in [0.2, 0.25) is 0 Å². The molecule has 6 heteroatoms. The van der Waals surface area contributed by atoms with Gasteiger partial charge in [-0.25, -0.2) is 9.78 Å². The molecule has 0 aromatic carbocycles. The third-order valence-electron chi connectivity index (χ3n) is 2.93. The number of β-amino-alcohol motifs (C(OH)–C–C–N with tert-alkyl or cyclic N) is 1. The van der Waals surface area contributed by atoms with E-state index in [0.29, 0.717) is 5.69 Å². The first kappa shape index (κ1) is 12.5. The number of nitrogens with zero attached hydrogens (tertiary/aromatic N) is 2. The maximum Gasteiger partial charge on any atom is 0.326 e. The Hall–Kier alpha value is -1.95. The Kier molecular flexibility index (Phi) is 3.29. The van der Waals surface area contributed by atoms with E-state index >= 15 is 0 Å². The average Bonchev–Trinajstić information content (AvgIpc) is 2.70. The summed E-state index contributed by atoms with van der Waals surface area (Å²) in [7, 11) is 0. The van der Waals surface area contributed by atoms with E-state index in [-0.39, 0.29) is 18.7 Å². The molecule has 18 heavy (non-hydrogen) atoms. The van der Waals surface area contributed by atoms with Gasteiger partial charge < -0.3 is 15.1 Å². The molecule has 1 unspecified atom stereocenters. The number of aryl methyl sites for hydroxylation is 1. The zero-order chi connectivity index (χ0) is 13.3. The van der Waals surface area contributed by atoms with Crippen LogP contribution in [0.25, 0.3) is 0 Å². The number of aliphatic hydroxyl groups excluding tert-OH is 1. The first-order chi connectivity index (χ1) is 8.49. The van der Waals surface area contributed by atoms with Gasteiger partial charge in [0, 0.05) is 18.7 Å². The van der Waals surface area contributed by atoms with Crippen molar-refractivity contribution >= 4 is 11.9 Å². The number of carboxylic acid groups (broad SMARTS) is 1. The van der Waals surface area contributed by atoms with Crippen molar-refractivity contribution in [3.05, 3.63) is 29.6 Å². The van der Waals surface area contributed by atoms with E-state index in [9.17, 15) is 14.7 Å². The predicted molar refractivity (Wildman–Crippen MR) is 62.1 cm³/mol. The number of hydrogen-bond donors (Lipinski definition) is 2. The Morgan fingerprint density at radius 2 is 2.17 bits per heavy atom. The highest BCUT2D eigenvalue weighted by Gasteiger charge is 2.39. The van der Waals surface area contributed by atoms with Gasteiger partial charge in [0.2, 0.25) is 0 Å². The third kappa shape index (κ3) is 2.33. The third-order valence-corrected chi connectivity index (χ3v) is 2.93. The Labute approximate surface area is 104 Å². The predicted octanol–water partition coefficient (Wildman–Crippen LogP) is 0.0500. The van der Waals surface area contributed by atoms with Gasteiger partial charge in [0.15, 0.2) is 0 Å². The lowest BCUT2D eigenvalue weighted by Gasteiger charge is -2.20. The molecule has 96 valence electrons. The van der Waals surface area contributed by atoms with E-state index in [1.54, 1.807) is 25.1 Å². The maximum atomic E-state index is 12.1. The van der Waals surface area contributed by atoms with Crippen LogP contribution < -0.4 is 0 Å². The van der Waals surface area contributed by atoms with Crippen LogP contribution in [0.1, 0.15) is 22.6 Å². The Morgan fingerprint density at radius 3 is 2.78 bits per heavy atom. The molecule has 2 N–H and O–H groups in total. The highest BCUT2D eigenvalue weighted by Crippen LogP contribution is 2.20. The van der Waals surface area contributed by atoms with Crippen molar-refractivity contribution in [2.45, 2.75) is 25.5 Å². The lowest BCUT2D eigenvalue weighted by atomic mass is 10.2. The molecule has 1 aliphatic rings. The number of pyridine rings is 1. The molecule has 1 aromatic heterocycles. The van der Waals surface area contributed by atoms with E-state index < -0.39 is 24.0 Å². The zero-order valence-corrected chi connectivity index (χ0v) is 9.91. The molecular weight excluding hydrogens is 236 g/mol. The number of aromatic nitrogens is 1. The van der Waals surface area contributed by atoms with Crippen molar-refractivity contribution in [2.75, 3.05) is 6.54 Å². The van der Waals surface area contributed by atoms with Crippen LogP contribution in [-0.2, 0) is 4.79 Å². The standard InChI is InChI=1S/C12H14N2O4/c1-7-3-2-4-9(13-7)11(16)14-6-8(15)5-10(14)12(17)18/h2-4,8,10,15H,5-6H2,1H3,(H,17,18)/t8?,10-/m0/s1. The highest BCUT2D eigenvalue weighted by molar-refractivity contribution is 5.95. The fraction of sp³-hybridized carbons (Fsp3) is 0.417. The first-order valence-electron chi connectivity index (χ1n) is 5.64. The molecular formula is C12H14N2O4. The maximum absolute atomic E-state index is 12.1. The van der Waals surface area contributed by atoms with Crippen molar-refractivity contribution in [3.8, 4) is 0 Å². The SMILES string of the molecule is Cc1cccc(C(=O)N2CC(O)C[C@H]2C(=O)O)n1. The lowest BCUT2D eigenvalue weighted by Crippen LogP contribution is -2.41. The van der Waals surface area contributed by atoms with Gasteiger partial charge in [0.1, 0.15) is 11.7 Å². The normalized spacial score (nSPS) is 23.1. The monoisotopic (exact) mass is 250 g/mol. The van der Waals surface area contributed by atoms with Crippen LogP contribution in [0.5, 0.6) is 0 Å². The minimum absolute atomic E-state index is 0.0332. The summed E-state index contributed by atoms with van der Waals surface area (Å²) in [6.45, 7) is 1.79. The summed E-state index contributed by atoms with van der Waals surface area (Å²) in [5.41, 5.74) is 0.892. The molecule has 0 spiro atoms. The van der Waals surface area contributed by atoms with E-state index in [4.69, 9.17) is 5.11 Å². The second kappa shape index (κ2) is 4.73. The molecule has 0 aliphatic carbocycles. The van der Waals surface area contributed by atoms with Gasteiger partial charge in [-0.05, 0) is 19.1 Å².